The molecule has 9 heterocycles. The van der Waals surface area contributed by atoms with Gasteiger partial charge in [-0.2, -0.15) is 0 Å². The number of para-hydroxylation sites is 18. The molecule has 0 bridgehead atoms. The molecule has 19 heteroatoms. The molecule has 0 saturated carbocycles. The standard InChI is InChI=1S/C55H39BN6Si.C52H36BN9Si/c1-4-20-40(21-5-1)60-51-34-14-16-36-53(51)62-54-37-17-15-35-52(54)61(56(60)62)42-23-19-29-46(39-42)63(43-24-6-2-7-25-43,44-26-8-3-9-27-44)45-28-18-22-41(38-45)58-49-32-12-13-33-50(49)59-48-31-11-10-30-47(48)57-55(58)59;1-4-19-37(20-5-1)60-46-31-14-16-33-48(46)62-49-34-17-15-32-47(49)61(53(60)62)38-21-18-26-41(35-38)63(39-22-6-2-7-23-39,40-24-8-3-9-25-40)51-55-36-54-50(57-51)59-45-30-13-12-29-44(45)58-43-28-11-10-27-42(43)56-52(58)59/h1-39H;1-36H. The predicted octanol–water partition coefficient (Wildman–Crippen LogP) is 18.7. The first kappa shape index (κ1) is 72.5. The van der Waals surface area contributed by atoms with Crippen LogP contribution in [0.25, 0.3) is 67.3 Å². The third kappa shape index (κ3) is 10.9. The van der Waals surface area contributed by atoms with E-state index in [2.05, 4.69) is 490 Å². The zero-order valence-corrected chi connectivity index (χ0v) is 70.2. The number of rotatable bonds is 14. The highest BCUT2D eigenvalue weighted by molar-refractivity contribution is 7.20. The molecular formula is C107H75B2N15Si2. The molecule has 0 fully saturated rings. The molecule has 0 radical (unpaired) electrons. The Labute approximate surface area is 729 Å². The second-order valence-electron chi connectivity index (χ2n) is 32.4. The minimum atomic E-state index is -3.32. The van der Waals surface area contributed by atoms with Crippen LogP contribution in [0, 0.1) is 0 Å². The van der Waals surface area contributed by atoms with Gasteiger partial charge in [0.15, 0.2) is 8.07 Å². The molecule has 0 unspecified atom stereocenters. The molecular weight excluding hydrogens is 1570 g/mol. The highest BCUT2D eigenvalue weighted by Gasteiger charge is 2.56. The number of benzene rings is 17. The quantitative estimate of drug-likeness (QED) is 0.0768. The van der Waals surface area contributed by atoms with Gasteiger partial charge in [0.2, 0.25) is 25.6 Å². The van der Waals surface area contributed by atoms with E-state index in [0.717, 1.165) is 112 Å². The molecule has 0 saturated heterocycles. The van der Waals surface area contributed by atoms with Crippen LogP contribution >= 0.6 is 0 Å². The molecule has 4 aliphatic heterocycles. The largest absolute Gasteiger partial charge is 0.519 e. The summed E-state index contributed by atoms with van der Waals surface area (Å²) in [5, 5.41) is 8.74. The molecule has 0 spiro atoms. The van der Waals surface area contributed by atoms with E-state index in [9.17, 15) is 0 Å². The summed E-state index contributed by atoms with van der Waals surface area (Å²) >= 11 is 0. The molecule has 0 aliphatic carbocycles. The van der Waals surface area contributed by atoms with Crippen molar-refractivity contribution in [3.63, 3.8) is 0 Å². The first-order valence-corrected chi connectivity index (χ1v) is 46.8. The van der Waals surface area contributed by atoms with Crippen molar-refractivity contribution in [2.24, 2.45) is 0 Å². The number of aromatic nitrogens is 9. The van der Waals surface area contributed by atoms with Crippen LogP contribution in [0.15, 0.2) is 455 Å². The average Bonchev–Trinajstić information content (AvgIpc) is 1.50. The molecule has 0 amide bonds. The molecule has 592 valence electrons. The van der Waals surface area contributed by atoms with Crippen LogP contribution in [0.4, 0.5) is 68.2 Å². The number of nitrogens with zero attached hydrogens (tertiary/aromatic N) is 15. The SMILES string of the molecule is c1ccc(N2B3N(c4cccc([Si](c5ccccc5)(c5ccccc5)c5cccc(-n6c7ccccc7n7c8ccccc8nc67)c5)c4)c4ccccc4N3c3ccccc32)cc1.c1ccc(N2B3N(c4cccc([Si](c5ccccc5)(c5ccccc5)c5ncnc(-n6c7ccccc7n7c8ccccc8nc67)n5)c4)c4ccccc4N3c3ccccc32)cc1. The van der Waals surface area contributed by atoms with E-state index in [1.807, 2.05) is 6.07 Å². The Morgan fingerprint density at radius 2 is 0.476 bits per heavy atom. The van der Waals surface area contributed by atoms with Crippen LogP contribution in [0.3, 0.4) is 0 Å². The molecule has 4 aliphatic rings. The molecule has 26 rings (SSSR count). The summed E-state index contributed by atoms with van der Waals surface area (Å²) in [4.78, 5) is 41.1. The highest BCUT2D eigenvalue weighted by atomic mass is 28.3. The lowest BCUT2D eigenvalue weighted by Gasteiger charge is -2.36. The second kappa shape index (κ2) is 29.2. The van der Waals surface area contributed by atoms with Crippen molar-refractivity contribution in [2.45, 2.75) is 0 Å². The maximum absolute atomic E-state index is 5.60. The van der Waals surface area contributed by atoms with Crippen LogP contribution in [0.2, 0.25) is 0 Å². The Kier molecular flexibility index (Phi) is 16.8. The second-order valence-corrected chi connectivity index (χ2v) is 39.9. The lowest BCUT2D eigenvalue weighted by Crippen LogP contribution is -2.76. The predicted molar refractivity (Wildman–Crippen MR) is 523 cm³/mol. The van der Waals surface area contributed by atoms with E-state index in [1.165, 1.54) is 59.6 Å². The van der Waals surface area contributed by atoms with Gasteiger partial charge in [-0.1, -0.05) is 291 Å². The van der Waals surface area contributed by atoms with Crippen LogP contribution in [0.5, 0.6) is 0 Å². The maximum Gasteiger partial charge on any atom is 0.519 e. The van der Waals surface area contributed by atoms with E-state index < -0.39 is 16.1 Å². The van der Waals surface area contributed by atoms with Gasteiger partial charge in [-0.05, 0) is 194 Å². The van der Waals surface area contributed by atoms with Gasteiger partial charge < -0.3 is 28.9 Å². The van der Waals surface area contributed by atoms with Crippen LogP contribution in [-0.2, 0) is 0 Å². The zero-order valence-electron chi connectivity index (χ0n) is 68.2. The summed E-state index contributed by atoms with van der Waals surface area (Å²) in [6.07, 6.45) is 1.69. The number of anilines is 12. The van der Waals surface area contributed by atoms with Crippen molar-refractivity contribution in [1.29, 1.82) is 0 Å². The maximum atomic E-state index is 5.60. The number of fused-ring (bicyclic) bond motifs is 20. The fourth-order valence-electron chi connectivity index (χ4n) is 20.7. The number of hydrogen-bond acceptors (Lipinski definition) is 11. The highest BCUT2D eigenvalue weighted by Crippen LogP contribution is 2.58. The molecule has 17 aromatic carbocycles. The molecule has 126 heavy (non-hydrogen) atoms. The zero-order chi connectivity index (χ0) is 83.0. The van der Waals surface area contributed by atoms with Crippen molar-refractivity contribution in [3.05, 3.63) is 455 Å². The summed E-state index contributed by atoms with van der Waals surface area (Å²) in [7, 11) is -6.72. The van der Waals surface area contributed by atoms with E-state index in [-0.39, 0.29) is 14.2 Å². The third-order valence-corrected chi connectivity index (χ3v) is 35.1. The van der Waals surface area contributed by atoms with Crippen LogP contribution in [-0.4, -0.2) is 73.2 Å². The van der Waals surface area contributed by atoms with Gasteiger partial charge in [-0.25, -0.2) is 29.5 Å². The van der Waals surface area contributed by atoms with Gasteiger partial charge in [0, 0.05) is 28.4 Å². The lowest BCUT2D eigenvalue weighted by molar-refractivity contribution is 0.943. The number of hydrogen-bond donors (Lipinski definition) is 0. The van der Waals surface area contributed by atoms with E-state index >= 15 is 0 Å². The van der Waals surface area contributed by atoms with Crippen LogP contribution < -0.4 is 70.6 Å². The summed E-state index contributed by atoms with van der Waals surface area (Å²) in [5.74, 6) is 2.18. The number of imidazole rings is 4. The third-order valence-electron chi connectivity index (χ3n) is 25.8. The van der Waals surface area contributed by atoms with Crippen molar-refractivity contribution in [3.8, 4) is 11.6 Å². The fourth-order valence-corrected chi connectivity index (χ4v) is 29.9. The van der Waals surface area contributed by atoms with Crippen molar-refractivity contribution < 1.29 is 0 Å². The molecule has 5 aromatic heterocycles. The Morgan fingerprint density at radius 3 is 0.881 bits per heavy atom. The summed E-state index contributed by atoms with van der Waals surface area (Å²) in [5.41, 5.74) is 24.0. The lowest BCUT2D eigenvalue weighted by atomic mass is 9.86. The normalized spacial score (nSPS) is 13.3. The minimum absolute atomic E-state index is 0.153. The topological polar surface area (TPSA) is 103 Å². The Balaban J connectivity index is 0.000000137. The molecule has 15 nitrogen and oxygen atoms in total. The van der Waals surface area contributed by atoms with E-state index in [0.29, 0.717) is 5.95 Å². The van der Waals surface area contributed by atoms with Gasteiger partial charge in [0.05, 0.1) is 89.6 Å². The van der Waals surface area contributed by atoms with Gasteiger partial charge in [-0.15, -0.1) is 0 Å². The summed E-state index contributed by atoms with van der Waals surface area (Å²) in [6.45, 7) is 0. The van der Waals surface area contributed by atoms with Crippen molar-refractivity contribution in [2.75, 3.05) is 28.9 Å². The van der Waals surface area contributed by atoms with Crippen molar-refractivity contribution >= 4 is 196 Å². The summed E-state index contributed by atoms with van der Waals surface area (Å²) < 4.78 is 8.93. The smallest absolute Gasteiger partial charge is 0.344 e. The minimum Gasteiger partial charge on any atom is -0.344 e. The first-order chi connectivity index (χ1) is 62.6. The van der Waals surface area contributed by atoms with Gasteiger partial charge in [0.1, 0.15) is 11.8 Å². The first-order valence-electron chi connectivity index (χ1n) is 42.8. The average molecular weight is 1650 g/mol. The van der Waals surface area contributed by atoms with Gasteiger partial charge in [-0.3, -0.25) is 13.4 Å². The van der Waals surface area contributed by atoms with Crippen LogP contribution in [0.1, 0.15) is 0 Å². The Hall–Kier alpha value is -16.3. The Bertz CT molecular complexity index is 7400. The van der Waals surface area contributed by atoms with Gasteiger partial charge >= 0.3 is 14.2 Å². The monoisotopic (exact) mass is 1650 g/mol. The fraction of sp³-hybridized carbons (Fsp3) is 0. The van der Waals surface area contributed by atoms with Gasteiger partial charge in [0.25, 0.3) is 0 Å². The van der Waals surface area contributed by atoms with E-state index in [4.69, 9.17) is 24.9 Å². The molecule has 0 N–H and O–H groups in total. The Morgan fingerprint density at radius 1 is 0.198 bits per heavy atom. The summed E-state index contributed by atoms with van der Waals surface area (Å²) in [6, 6.07) is 162. The molecule has 22 aromatic rings. The molecule has 0 atom stereocenters. The van der Waals surface area contributed by atoms with Crippen molar-refractivity contribution in [1.82, 2.24) is 42.9 Å². The van der Waals surface area contributed by atoms with E-state index in [1.54, 1.807) is 6.33 Å².